The molecule has 4 saturated heterocycles. The topological polar surface area (TPSA) is 650 Å². The Kier molecular flexibility index (Phi) is 30.3. The van der Waals surface area contributed by atoms with Crippen molar-refractivity contribution in [2.75, 3.05) is 58.1 Å². The molecule has 12 rings (SSSR count). The van der Waals surface area contributed by atoms with Crippen LogP contribution in [-0.4, -0.2) is 280 Å². The number of nitrogen functional groups attached to an aromatic ring is 1. The molecule has 6 aromatic heterocycles. The summed E-state index contributed by atoms with van der Waals surface area (Å²) in [6.07, 6.45) is 2.05. The Morgan fingerprint density at radius 1 is 0.604 bits per heavy atom. The van der Waals surface area contributed by atoms with Crippen molar-refractivity contribution >= 4 is 81.2 Å². The summed E-state index contributed by atoms with van der Waals surface area (Å²) in [5, 5.41) is 99.6. The molecule has 0 saturated carbocycles. The van der Waals surface area contributed by atoms with Gasteiger partial charge >= 0.3 is 0 Å². The van der Waals surface area contributed by atoms with Crippen LogP contribution in [0.5, 0.6) is 0 Å². The van der Waals surface area contributed by atoms with Gasteiger partial charge in [-0.1, -0.05) is 60.0 Å². The predicted molar refractivity (Wildman–Crippen MR) is 391 cm³/mol. The summed E-state index contributed by atoms with van der Waals surface area (Å²) in [5.74, 6) is -0.948. The van der Waals surface area contributed by atoms with Crippen LogP contribution in [0.3, 0.4) is 0 Å². The van der Waals surface area contributed by atoms with Gasteiger partial charge in [0.05, 0.1) is 88.3 Å². The number of aliphatic hydroxyl groups excluding tert-OH is 8. The number of Topliss-reactive ketones (excluding diaryl/α,β-unsaturated/α-hetero) is 1. The van der Waals surface area contributed by atoms with Crippen LogP contribution < -0.4 is 65.7 Å². The third-order valence-corrected chi connectivity index (χ3v) is 19.0. The number of nitrogens with two attached hydrogens (primary N) is 4. The zero-order valence-corrected chi connectivity index (χ0v) is 62.0. The van der Waals surface area contributed by atoms with Gasteiger partial charge in [-0.25, -0.2) is 34.9 Å². The van der Waals surface area contributed by atoms with Crippen molar-refractivity contribution in [1.82, 2.24) is 85.1 Å². The number of pyridine rings is 1. The van der Waals surface area contributed by atoms with E-state index in [0.29, 0.717) is 60.0 Å². The number of methoxy groups -OCH3 is 1. The third-order valence-electron chi connectivity index (χ3n) is 19.0. The first-order chi connectivity index (χ1) is 53.2. The lowest BCUT2D eigenvalue weighted by atomic mass is 10.1. The van der Waals surface area contributed by atoms with Gasteiger partial charge in [-0.05, 0) is 38.7 Å². The number of imidazole rings is 4. The molecule has 0 aliphatic carbocycles. The van der Waals surface area contributed by atoms with E-state index in [2.05, 4.69) is 83.7 Å². The predicted octanol–water partition coefficient (Wildman–Crippen LogP) is -5.22. The number of amides is 5. The van der Waals surface area contributed by atoms with E-state index in [9.17, 15) is 74.4 Å². The molecule has 0 spiro atoms. The summed E-state index contributed by atoms with van der Waals surface area (Å²) in [6, 6.07) is -4.57. The molecule has 0 bridgehead atoms. The van der Waals surface area contributed by atoms with Crippen molar-refractivity contribution in [2.24, 2.45) is 22.2 Å². The Labute approximate surface area is 634 Å². The Morgan fingerprint density at radius 2 is 1.05 bits per heavy atom. The maximum absolute atomic E-state index is 13.0. The van der Waals surface area contributed by atoms with Crippen molar-refractivity contribution in [1.29, 1.82) is 0 Å². The SMILES string of the molecule is C=C1NC(=O)c2ncn([C@@H]3O[C@H](CO)C(O)[C@@H]3NC(=O)C(N)CCC)c2N1.CCCC(N)C(=O)N[C@H]1C(O)[C@@H](CO)O[C@H]1n1cnc2c(=O)[nH]c(C)nc21.CCCC(N)C(=O)N[C@H]1C(O)[C@@H](CO)O[C@H]1n1cnc2c1N=CCC2=O.CCCC(NCOCOC)C(=O)N[C@H]1C(O)[C@@H](CO)O[C@H]1n1cnc2c(N)ccnc21. The zero-order chi connectivity index (χ0) is 80.7. The number of hydrogen-bond donors (Lipinski definition) is 20. The highest BCUT2D eigenvalue weighted by Crippen LogP contribution is 2.38. The van der Waals surface area contributed by atoms with Gasteiger partial charge in [-0.2, -0.15) is 0 Å². The van der Waals surface area contributed by atoms with E-state index < -0.39 is 178 Å². The summed E-state index contributed by atoms with van der Waals surface area (Å²) in [4.78, 5) is 118. The molecule has 111 heavy (non-hydrogen) atoms. The van der Waals surface area contributed by atoms with Crippen LogP contribution >= 0.6 is 0 Å². The second-order valence-corrected chi connectivity index (χ2v) is 26.9. The monoisotopic (exact) mass is 1560 g/mol. The second kappa shape index (κ2) is 39.2. The largest absolute Gasteiger partial charge is 0.397 e. The van der Waals surface area contributed by atoms with Crippen LogP contribution in [0.15, 0.2) is 59.8 Å². The van der Waals surface area contributed by atoms with Crippen LogP contribution in [-0.2, 0) is 47.6 Å². The number of carbonyl (C=O) groups is 6. The lowest BCUT2D eigenvalue weighted by molar-refractivity contribution is -0.127. The number of aryl methyl sites for hydroxylation is 1. The van der Waals surface area contributed by atoms with E-state index in [0.717, 1.165) is 25.7 Å². The molecule has 24 N–H and O–H groups in total. The van der Waals surface area contributed by atoms with Crippen molar-refractivity contribution in [3.05, 3.63) is 77.5 Å². The lowest BCUT2D eigenvalue weighted by Gasteiger charge is -2.27. The molecule has 6 aliphatic rings. The number of aromatic amines is 1. The number of H-pyrrole nitrogens is 1. The number of hydrogen-bond acceptors (Lipinski definition) is 34. The van der Waals surface area contributed by atoms with Gasteiger partial charge < -0.3 is 129 Å². The van der Waals surface area contributed by atoms with Gasteiger partial charge in [0.25, 0.3) is 11.5 Å². The van der Waals surface area contributed by atoms with E-state index in [1.54, 1.807) is 23.8 Å². The van der Waals surface area contributed by atoms with E-state index in [-0.39, 0.29) is 60.0 Å². The van der Waals surface area contributed by atoms with Crippen LogP contribution in [0, 0.1) is 6.92 Å². The molecule has 44 heteroatoms. The summed E-state index contributed by atoms with van der Waals surface area (Å²) in [6.45, 7) is 11.5. The molecule has 0 aromatic carbocycles. The average Bonchev–Trinajstić information content (AvgIpc) is 1.64. The maximum atomic E-state index is 13.0. The number of aliphatic hydroxyl groups is 8. The van der Waals surface area contributed by atoms with Crippen molar-refractivity contribution in [3.63, 3.8) is 0 Å². The standard InChI is InChI=1S/C19H30N6O6.2C16H24N6O5.C16H23N5O5/c1-3-4-12(23-9-30-10-29-2)18(28)24-15-16(27)13(7-26)31-19(15)25-8-22-14-11(20)5-6-21-17(14)25;2*1-3-4-8(17)14(25)21-10-12(24)9(5-23)27-16(10)22-6-18-11-13(22)19-7(2)20-15(11)26;1-2-3-8(17)15(25)20-12-13(24)10(6-22)26-16(12)21-7-19-11-9(23)4-5-18-14(11)21/h5-6,8,12-13,15-16,19,23,26-27H,3-4,7,9-10H2,1-2H3,(H2,20,21)(H,24,28);6,8-10,12,16,23-24H,3-5,17H2,1-2H3,(H,21,25)(H,19,20,26);6,8-10,12,16,19,23-24H,2-5,17H2,1H3,(H,20,26)(H,21,25);5,7-8,10,12-13,16,22,24H,2-4,6,17H2,1H3,(H,20,25)/t12?,13-,15+,16?,19-;2*8?,9-,10+,12?,16-;8?,10-,12+,13?,16-/m1111/s1. The van der Waals surface area contributed by atoms with Crippen molar-refractivity contribution < 1.29 is 98.0 Å². The Morgan fingerprint density at radius 3 is 1.53 bits per heavy atom. The number of anilines is 2. The Bertz CT molecular complexity index is 4270. The van der Waals surface area contributed by atoms with E-state index >= 15 is 0 Å². The first kappa shape index (κ1) is 85.7. The van der Waals surface area contributed by atoms with Crippen LogP contribution in [0.25, 0.3) is 22.3 Å². The van der Waals surface area contributed by atoms with E-state index in [1.807, 2.05) is 27.7 Å². The lowest BCUT2D eigenvalue weighted by Crippen LogP contribution is -2.53. The normalized spacial score (nSPS) is 26.9. The quantitative estimate of drug-likeness (QED) is 0.0154. The first-order valence-corrected chi connectivity index (χ1v) is 36.3. The van der Waals surface area contributed by atoms with E-state index in [4.69, 9.17) is 51.4 Å². The smallest absolute Gasteiger partial charge is 0.279 e. The Balaban J connectivity index is 0.000000170. The summed E-state index contributed by atoms with van der Waals surface area (Å²) < 4.78 is 39.1. The molecule has 4 fully saturated rings. The van der Waals surface area contributed by atoms with Gasteiger partial charge in [-0.15, -0.1) is 0 Å². The highest BCUT2D eigenvalue weighted by Gasteiger charge is 2.51. The number of nitrogens with one attached hydrogen (secondary N) is 8. The second-order valence-electron chi connectivity index (χ2n) is 26.9. The van der Waals surface area contributed by atoms with Crippen LogP contribution in [0.1, 0.15) is 137 Å². The van der Waals surface area contributed by atoms with Crippen molar-refractivity contribution in [3.8, 4) is 0 Å². The number of nitrogens with zero attached hydrogens (tertiary/aromatic N) is 11. The molecule has 44 nitrogen and oxygen atoms in total. The number of carbonyl (C=O) groups excluding carboxylic acids is 6. The average molecular weight is 1560 g/mol. The minimum Gasteiger partial charge on any atom is -0.397 e. The fraction of sp³-hybridized carbons (Fsp3) is 0.612. The zero-order valence-electron chi connectivity index (χ0n) is 62.0. The summed E-state index contributed by atoms with van der Waals surface area (Å²) >= 11 is 0. The molecule has 6 aromatic rings. The third kappa shape index (κ3) is 19.4. The molecule has 6 aliphatic heterocycles. The van der Waals surface area contributed by atoms with Gasteiger partial charge in [0.2, 0.25) is 23.6 Å². The van der Waals surface area contributed by atoms with E-state index in [1.165, 1.54) is 52.3 Å². The Hall–Kier alpha value is -9.30. The fourth-order valence-electron chi connectivity index (χ4n) is 13.2. The molecule has 0 radical (unpaired) electrons. The van der Waals surface area contributed by atoms with Gasteiger partial charge in [0, 0.05) is 25.9 Å². The molecule has 20 atom stereocenters. The molecular weight excluding hydrogens is 1460 g/mol. The molecule has 5 amide bonds. The maximum Gasteiger partial charge on any atom is 0.279 e. The number of ketones is 1. The van der Waals surface area contributed by atoms with Gasteiger partial charge in [0.1, 0.15) is 103 Å². The van der Waals surface area contributed by atoms with Gasteiger partial charge in [0.15, 0.2) is 64.7 Å². The van der Waals surface area contributed by atoms with Crippen LogP contribution in [0.4, 0.5) is 17.3 Å². The number of aliphatic imine (C=N–C) groups is 1. The highest BCUT2D eigenvalue weighted by molar-refractivity contribution is 6.08. The fourth-order valence-corrected chi connectivity index (χ4v) is 13.2. The minimum atomic E-state index is -1.17. The number of fused-ring (bicyclic) bond motifs is 4. The number of ether oxygens (including phenoxy) is 6. The molecule has 610 valence electrons. The first-order valence-electron chi connectivity index (χ1n) is 36.3. The number of rotatable bonds is 29. The molecule has 12 heterocycles. The highest BCUT2D eigenvalue weighted by atomic mass is 16.7. The minimum absolute atomic E-state index is 0.104. The number of aromatic nitrogens is 11. The summed E-state index contributed by atoms with van der Waals surface area (Å²) in [7, 11) is 1.51. The van der Waals surface area contributed by atoms with Gasteiger partial charge in [-0.3, -0.25) is 57.1 Å². The van der Waals surface area contributed by atoms with Crippen LogP contribution in [0.2, 0.25) is 0 Å². The van der Waals surface area contributed by atoms with Crippen molar-refractivity contribution in [2.45, 2.75) is 214 Å². The summed E-state index contributed by atoms with van der Waals surface area (Å²) in [5.41, 5.74) is 25.2. The molecule has 8 unspecified atom stereocenters. The molecular formula is C67H101N23O21.